The summed E-state index contributed by atoms with van der Waals surface area (Å²) >= 11 is 0. The molecule has 0 saturated heterocycles. The summed E-state index contributed by atoms with van der Waals surface area (Å²) in [6.45, 7) is 1.70. The van der Waals surface area contributed by atoms with Gasteiger partial charge in [-0.1, -0.05) is 24.3 Å². The van der Waals surface area contributed by atoms with Crippen LogP contribution in [-0.2, 0) is 22.7 Å². The zero-order valence-electron chi connectivity index (χ0n) is 11.7. The number of aryl methyl sites for hydroxylation is 1. The van der Waals surface area contributed by atoms with Crippen LogP contribution in [0.3, 0.4) is 0 Å². The van der Waals surface area contributed by atoms with Crippen LogP contribution in [0.15, 0.2) is 53.4 Å². The van der Waals surface area contributed by atoms with Crippen molar-refractivity contribution in [1.29, 1.82) is 0 Å². The molecule has 1 N–H and O–H groups in total. The van der Waals surface area contributed by atoms with E-state index in [0.717, 1.165) is 17.7 Å². The van der Waals surface area contributed by atoms with Crippen LogP contribution in [0, 0.1) is 6.92 Å². The molecule has 0 aliphatic carbocycles. The third-order valence-electron chi connectivity index (χ3n) is 3.05. The molecule has 0 radical (unpaired) electrons. The lowest BCUT2D eigenvalue weighted by atomic mass is 10.1. The predicted octanol–water partition coefficient (Wildman–Crippen LogP) is 3.49. The number of halogens is 3. The summed E-state index contributed by atoms with van der Waals surface area (Å²) < 4.78 is 63.9. The Balaban J connectivity index is 2.09. The quantitative estimate of drug-likeness (QED) is 0.933. The number of nitrogens with one attached hydrogen (secondary N) is 1. The van der Waals surface area contributed by atoms with Crippen molar-refractivity contribution in [3.8, 4) is 0 Å². The monoisotopic (exact) mass is 329 g/mol. The van der Waals surface area contributed by atoms with Crippen LogP contribution in [-0.4, -0.2) is 8.42 Å². The van der Waals surface area contributed by atoms with Crippen molar-refractivity contribution in [2.24, 2.45) is 0 Å². The van der Waals surface area contributed by atoms with Crippen molar-refractivity contribution in [3.63, 3.8) is 0 Å². The summed E-state index contributed by atoms with van der Waals surface area (Å²) in [6.07, 6.45) is -4.40. The number of rotatable bonds is 4. The molecule has 2 aromatic carbocycles. The lowest BCUT2D eigenvalue weighted by molar-refractivity contribution is -0.137. The zero-order valence-corrected chi connectivity index (χ0v) is 12.5. The molecule has 0 fully saturated rings. The molecule has 7 heteroatoms. The molecule has 0 amide bonds. The molecule has 0 unspecified atom stereocenters. The Bertz CT molecular complexity index is 753. The Morgan fingerprint density at radius 1 is 1.05 bits per heavy atom. The highest BCUT2D eigenvalue weighted by Gasteiger charge is 2.29. The van der Waals surface area contributed by atoms with E-state index in [0.29, 0.717) is 5.56 Å². The fourth-order valence-corrected chi connectivity index (χ4v) is 2.98. The van der Waals surface area contributed by atoms with Gasteiger partial charge in [0.2, 0.25) is 10.0 Å². The highest BCUT2D eigenvalue weighted by Crippen LogP contribution is 2.29. The summed E-state index contributed by atoms with van der Waals surface area (Å²) in [4.78, 5) is 0.124. The van der Waals surface area contributed by atoms with E-state index in [1.165, 1.54) is 24.3 Å². The molecular weight excluding hydrogens is 315 g/mol. The largest absolute Gasteiger partial charge is 0.416 e. The van der Waals surface area contributed by atoms with E-state index in [4.69, 9.17) is 0 Å². The summed E-state index contributed by atoms with van der Waals surface area (Å²) in [6, 6.07) is 10.7. The molecule has 0 spiro atoms. The number of sulfonamides is 1. The lowest BCUT2D eigenvalue weighted by Crippen LogP contribution is -2.23. The third-order valence-corrected chi connectivity index (χ3v) is 4.45. The fourth-order valence-electron chi connectivity index (χ4n) is 1.86. The second kappa shape index (κ2) is 6.10. The molecule has 0 atom stereocenters. The molecule has 2 aromatic rings. The van der Waals surface area contributed by atoms with Crippen molar-refractivity contribution in [2.45, 2.75) is 24.5 Å². The summed E-state index contributed by atoms with van der Waals surface area (Å²) in [5.74, 6) is 0. The van der Waals surface area contributed by atoms with E-state index in [1.54, 1.807) is 19.1 Å². The fraction of sp³-hybridized carbons (Fsp3) is 0.200. The molecule has 0 saturated carbocycles. The Kier molecular flexibility index (Phi) is 4.58. The summed E-state index contributed by atoms with van der Waals surface area (Å²) in [5.41, 5.74) is 0.486. The summed E-state index contributed by atoms with van der Waals surface area (Å²) in [5, 5.41) is 0. The van der Waals surface area contributed by atoms with E-state index in [1.807, 2.05) is 0 Å². The molecule has 0 aromatic heterocycles. The third kappa shape index (κ3) is 4.08. The predicted molar refractivity (Wildman–Crippen MR) is 76.6 cm³/mol. The SMILES string of the molecule is Cc1cccc(S(=O)(=O)NCc2ccc(C(F)(F)F)cc2)c1. The second-order valence-corrected chi connectivity index (χ2v) is 6.60. The van der Waals surface area contributed by atoms with Gasteiger partial charge in [-0.15, -0.1) is 0 Å². The highest BCUT2D eigenvalue weighted by molar-refractivity contribution is 7.89. The first kappa shape index (κ1) is 16.5. The Hall–Kier alpha value is -1.86. The lowest BCUT2D eigenvalue weighted by Gasteiger charge is -2.09. The first-order valence-corrected chi connectivity index (χ1v) is 7.89. The first-order valence-electron chi connectivity index (χ1n) is 6.41. The molecular formula is C15H14F3NO2S. The van der Waals surface area contributed by atoms with Crippen LogP contribution in [0.2, 0.25) is 0 Å². The van der Waals surface area contributed by atoms with Crippen LogP contribution >= 0.6 is 0 Å². The number of alkyl halides is 3. The van der Waals surface area contributed by atoms with Crippen molar-refractivity contribution in [1.82, 2.24) is 4.72 Å². The van der Waals surface area contributed by atoms with E-state index < -0.39 is 21.8 Å². The van der Waals surface area contributed by atoms with E-state index in [-0.39, 0.29) is 11.4 Å². The Labute approximate surface area is 126 Å². The molecule has 2 rings (SSSR count). The topological polar surface area (TPSA) is 46.2 Å². The number of hydrogen-bond acceptors (Lipinski definition) is 2. The Morgan fingerprint density at radius 2 is 1.68 bits per heavy atom. The van der Waals surface area contributed by atoms with Crippen LogP contribution < -0.4 is 4.72 Å². The Morgan fingerprint density at radius 3 is 2.23 bits per heavy atom. The van der Waals surface area contributed by atoms with Gasteiger partial charge >= 0.3 is 6.18 Å². The van der Waals surface area contributed by atoms with E-state index >= 15 is 0 Å². The van der Waals surface area contributed by atoms with E-state index in [9.17, 15) is 21.6 Å². The van der Waals surface area contributed by atoms with Gasteiger partial charge in [-0.3, -0.25) is 0 Å². The second-order valence-electron chi connectivity index (χ2n) is 4.84. The number of benzene rings is 2. The van der Waals surface area contributed by atoms with Gasteiger partial charge in [0, 0.05) is 6.54 Å². The van der Waals surface area contributed by atoms with Crippen LogP contribution in [0.5, 0.6) is 0 Å². The standard InChI is InChI=1S/C15H14F3NO2S/c1-11-3-2-4-14(9-11)22(20,21)19-10-12-5-7-13(8-6-12)15(16,17)18/h2-9,19H,10H2,1H3. The molecule has 22 heavy (non-hydrogen) atoms. The minimum absolute atomic E-state index is 0.0750. The average molecular weight is 329 g/mol. The molecule has 118 valence electrons. The maximum Gasteiger partial charge on any atom is 0.416 e. The van der Waals surface area contributed by atoms with Gasteiger partial charge in [-0.2, -0.15) is 13.2 Å². The molecule has 0 bridgehead atoms. The smallest absolute Gasteiger partial charge is 0.207 e. The maximum atomic E-state index is 12.4. The maximum absolute atomic E-state index is 12.4. The number of hydrogen-bond donors (Lipinski definition) is 1. The molecule has 0 aliphatic rings. The van der Waals surface area contributed by atoms with Crippen molar-refractivity contribution in [2.75, 3.05) is 0 Å². The van der Waals surface area contributed by atoms with Gasteiger partial charge in [0.05, 0.1) is 10.5 Å². The van der Waals surface area contributed by atoms with Gasteiger partial charge in [0.1, 0.15) is 0 Å². The van der Waals surface area contributed by atoms with Gasteiger partial charge < -0.3 is 0 Å². The van der Waals surface area contributed by atoms with Gasteiger partial charge in [-0.05, 0) is 42.3 Å². The normalized spacial score (nSPS) is 12.4. The van der Waals surface area contributed by atoms with Crippen LogP contribution in [0.1, 0.15) is 16.7 Å². The van der Waals surface area contributed by atoms with Crippen LogP contribution in [0.25, 0.3) is 0 Å². The van der Waals surface area contributed by atoms with Gasteiger partial charge in [-0.25, -0.2) is 13.1 Å². The van der Waals surface area contributed by atoms with Crippen molar-refractivity contribution < 1.29 is 21.6 Å². The minimum atomic E-state index is -4.40. The van der Waals surface area contributed by atoms with Gasteiger partial charge in [0.15, 0.2) is 0 Å². The first-order chi connectivity index (χ1) is 10.2. The molecule has 3 nitrogen and oxygen atoms in total. The van der Waals surface area contributed by atoms with Gasteiger partial charge in [0.25, 0.3) is 0 Å². The molecule has 0 aliphatic heterocycles. The van der Waals surface area contributed by atoms with Crippen molar-refractivity contribution >= 4 is 10.0 Å². The highest BCUT2D eigenvalue weighted by atomic mass is 32.2. The summed E-state index contributed by atoms with van der Waals surface area (Å²) in [7, 11) is -3.69. The van der Waals surface area contributed by atoms with E-state index in [2.05, 4.69) is 4.72 Å². The minimum Gasteiger partial charge on any atom is -0.207 e. The zero-order chi connectivity index (χ0) is 16.4. The average Bonchev–Trinajstić information content (AvgIpc) is 2.45. The van der Waals surface area contributed by atoms with Crippen molar-refractivity contribution in [3.05, 3.63) is 65.2 Å². The van der Waals surface area contributed by atoms with Crippen LogP contribution in [0.4, 0.5) is 13.2 Å². The molecule has 0 heterocycles.